The highest BCUT2D eigenvalue weighted by molar-refractivity contribution is 6.21. The van der Waals surface area contributed by atoms with Crippen LogP contribution in [0.1, 0.15) is 22.9 Å². The molecule has 1 atom stereocenters. The van der Waals surface area contributed by atoms with Crippen molar-refractivity contribution in [2.75, 3.05) is 0 Å². The number of furan rings is 3. The van der Waals surface area contributed by atoms with Gasteiger partial charge in [0, 0.05) is 59.9 Å². The molecule has 1 N–H and O–H groups in total. The summed E-state index contributed by atoms with van der Waals surface area (Å²) >= 11 is 0. The van der Waals surface area contributed by atoms with Crippen LogP contribution in [0.4, 0.5) is 0 Å². The van der Waals surface area contributed by atoms with Crippen LogP contribution in [-0.2, 0) is 0 Å². The minimum atomic E-state index is -0.510. The fourth-order valence-corrected chi connectivity index (χ4v) is 9.71. The van der Waals surface area contributed by atoms with E-state index in [0.717, 1.165) is 99.2 Å². The van der Waals surface area contributed by atoms with E-state index in [2.05, 4.69) is 143 Å². The lowest BCUT2D eigenvalue weighted by Crippen LogP contribution is -2.33. The monoisotopic (exact) mass is 796 g/mol. The number of fused-ring (bicyclic) bond motifs is 13. The topological polar surface area (TPSA) is 81.1 Å². The Balaban J connectivity index is 1.02. The second-order valence-electron chi connectivity index (χ2n) is 16.2. The molecule has 14 rings (SSSR count). The van der Waals surface area contributed by atoms with E-state index in [0.29, 0.717) is 11.7 Å². The van der Waals surface area contributed by atoms with E-state index in [4.69, 9.17) is 23.2 Å². The summed E-state index contributed by atoms with van der Waals surface area (Å²) in [7, 11) is 0. The summed E-state index contributed by atoms with van der Waals surface area (Å²) in [4.78, 5) is 10.7. The molecule has 7 heteroatoms. The lowest BCUT2D eigenvalue weighted by Gasteiger charge is -2.24. The van der Waals surface area contributed by atoms with Crippen LogP contribution in [0, 0.1) is 0 Å². The highest BCUT2D eigenvalue weighted by Crippen LogP contribution is 2.40. The van der Waals surface area contributed by atoms with Gasteiger partial charge in [-0.1, -0.05) is 115 Å². The average Bonchev–Trinajstić information content (AvgIpc) is 4.08. The Labute approximate surface area is 352 Å². The maximum absolute atomic E-state index is 6.81. The third kappa shape index (κ3) is 4.87. The number of hydrogen-bond donors (Lipinski definition) is 1. The first-order chi connectivity index (χ1) is 30.7. The molecule has 290 valence electrons. The Bertz CT molecular complexity index is 4100. The molecule has 7 nitrogen and oxygen atoms in total. The number of rotatable bonds is 4. The summed E-state index contributed by atoms with van der Waals surface area (Å²) in [6.07, 6.45) is -0.510. The quantitative estimate of drug-likeness (QED) is 0.192. The molecule has 9 aromatic carbocycles. The smallest absolute Gasteiger partial charge is 0.159 e. The third-order valence-electron chi connectivity index (χ3n) is 12.6. The maximum Gasteiger partial charge on any atom is 0.159 e. The van der Waals surface area contributed by atoms with Crippen molar-refractivity contribution in [1.29, 1.82) is 0 Å². The molecule has 1 aliphatic rings. The first-order valence-electron chi connectivity index (χ1n) is 20.8. The number of benzene rings is 9. The van der Waals surface area contributed by atoms with Crippen LogP contribution in [0.25, 0.3) is 104 Å². The van der Waals surface area contributed by atoms with Crippen LogP contribution >= 0.6 is 0 Å². The molecule has 0 bridgehead atoms. The minimum absolute atomic E-state index is 0.510. The molecule has 4 aromatic heterocycles. The van der Waals surface area contributed by atoms with Gasteiger partial charge in [0.2, 0.25) is 0 Å². The fraction of sp³-hybridized carbons (Fsp3) is 0.0182. The summed E-state index contributed by atoms with van der Waals surface area (Å²) in [6.45, 7) is 0. The van der Waals surface area contributed by atoms with Crippen LogP contribution in [-0.4, -0.2) is 16.2 Å². The number of hydrogen-bond acceptors (Lipinski definition) is 6. The Morgan fingerprint density at radius 2 is 1.03 bits per heavy atom. The Kier molecular flexibility index (Phi) is 6.76. The summed E-state index contributed by atoms with van der Waals surface area (Å²) < 4.78 is 22.0. The zero-order chi connectivity index (χ0) is 40.5. The first kappa shape index (κ1) is 33.4. The molecule has 0 radical (unpaired) electrons. The first-order valence-corrected chi connectivity index (χ1v) is 20.8. The standard InChI is InChI=1S/C55H32N4O3/c1-2-12-32-26-46-42(25-31(32)11-1)36-13-3-7-17-45(36)59(46)35-29-43-39-16-6-10-20-49(39)62-52(43)44(30-35)55-57-53(33-21-23-40-37-14-4-8-18-47(37)60-50(40)27-33)56-54(58-55)34-22-24-41-38-15-5-9-19-48(38)61-51(41)28-34/h1-30,53H,(H,56,57,58). The zero-order valence-electron chi connectivity index (χ0n) is 33.0. The third-order valence-corrected chi connectivity index (χ3v) is 12.6. The minimum Gasteiger partial charge on any atom is -0.456 e. The predicted molar refractivity (Wildman–Crippen MR) is 252 cm³/mol. The highest BCUT2D eigenvalue weighted by atomic mass is 16.3. The van der Waals surface area contributed by atoms with Crippen molar-refractivity contribution < 1.29 is 13.3 Å². The second-order valence-corrected chi connectivity index (χ2v) is 16.2. The molecular formula is C55H32N4O3. The molecule has 0 saturated heterocycles. The summed E-state index contributed by atoms with van der Waals surface area (Å²) in [5.41, 5.74) is 10.7. The maximum atomic E-state index is 6.81. The van der Waals surface area contributed by atoms with E-state index in [1.165, 1.54) is 21.5 Å². The van der Waals surface area contributed by atoms with E-state index in [1.807, 2.05) is 48.5 Å². The fourth-order valence-electron chi connectivity index (χ4n) is 9.71. The van der Waals surface area contributed by atoms with Crippen LogP contribution in [0.3, 0.4) is 0 Å². The van der Waals surface area contributed by atoms with Crippen LogP contribution in [0.5, 0.6) is 0 Å². The predicted octanol–water partition coefficient (Wildman–Crippen LogP) is 14.1. The molecule has 0 fully saturated rings. The second kappa shape index (κ2) is 12.5. The van der Waals surface area contributed by atoms with Gasteiger partial charge < -0.3 is 23.1 Å². The van der Waals surface area contributed by atoms with Gasteiger partial charge in [-0.15, -0.1) is 0 Å². The number of nitrogens with one attached hydrogen (secondary N) is 1. The molecule has 0 saturated carbocycles. The van der Waals surface area contributed by atoms with Gasteiger partial charge in [0.05, 0.1) is 16.6 Å². The lowest BCUT2D eigenvalue weighted by atomic mass is 10.0. The number of aromatic nitrogens is 1. The van der Waals surface area contributed by atoms with Crippen molar-refractivity contribution in [3.8, 4) is 5.69 Å². The Hall–Kier alpha value is -8.42. The van der Waals surface area contributed by atoms with Gasteiger partial charge in [-0.05, 0) is 77.5 Å². The SMILES string of the molecule is c1ccc2cc3c(cc2c1)c1ccccc1n3-c1cc(C2=NC(c3ccc4c(c3)oc3ccccc34)=NC(c3ccc4c(c3)oc3ccccc34)N2)c2oc3ccccc3c2c1. The Morgan fingerprint density at radius 1 is 0.435 bits per heavy atom. The summed E-state index contributed by atoms with van der Waals surface area (Å²) in [6, 6.07) is 63.4. The van der Waals surface area contributed by atoms with Gasteiger partial charge in [0.25, 0.3) is 0 Å². The van der Waals surface area contributed by atoms with Crippen LogP contribution in [0.15, 0.2) is 205 Å². The molecule has 0 aliphatic carbocycles. The van der Waals surface area contributed by atoms with Crippen LogP contribution < -0.4 is 5.32 Å². The highest BCUT2D eigenvalue weighted by Gasteiger charge is 2.27. The average molecular weight is 797 g/mol. The number of amidine groups is 2. The van der Waals surface area contributed by atoms with Crippen LogP contribution in [0.2, 0.25) is 0 Å². The van der Waals surface area contributed by atoms with E-state index < -0.39 is 6.17 Å². The van der Waals surface area contributed by atoms with Crippen molar-refractivity contribution in [1.82, 2.24) is 9.88 Å². The van der Waals surface area contributed by atoms with E-state index in [9.17, 15) is 0 Å². The largest absolute Gasteiger partial charge is 0.456 e. The van der Waals surface area contributed by atoms with Crippen molar-refractivity contribution in [3.05, 3.63) is 199 Å². The molecule has 5 heterocycles. The molecule has 13 aromatic rings. The van der Waals surface area contributed by atoms with E-state index >= 15 is 0 Å². The zero-order valence-corrected chi connectivity index (χ0v) is 33.0. The molecule has 1 aliphatic heterocycles. The molecule has 62 heavy (non-hydrogen) atoms. The lowest BCUT2D eigenvalue weighted by molar-refractivity contribution is 0.651. The van der Waals surface area contributed by atoms with Crippen molar-refractivity contribution >= 4 is 110 Å². The van der Waals surface area contributed by atoms with Crippen molar-refractivity contribution in [3.63, 3.8) is 0 Å². The number of para-hydroxylation sites is 4. The summed E-state index contributed by atoms with van der Waals surface area (Å²) in [5.74, 6) is 1.22. The van der Waals surface area contributed by atoms with Gasteiger partial charge in [-0.25, -0.2) is 9.98 Å². The van der Waals surface area contributed by atoms with Gasteiger partial charge >= 0.3 is 0 Å². The number of nitrogens with zero attached hydrogens (tertiary/aromatic N) is 3. The van der Waals surface area contributed by atoms with E-state index in [1.54, 1.807) is 0 Å². The van der Waals surface area contributed by atoms with Crippen molar-refractivity contribution in [2.24, 2.45) is 9.98 Å². The van der Waals surface area contributed by atoms with Gasteiger partial charge in [-0.3, -0.25) is 0 Å². The normalized spacial score (nSPS) is 14.6. The van der Waals surface area contributed by atoms with Crippen molar-refractivity contribution in [2.45, 2.75) is 6.17 Å². The van der Waals surface area contributed by atoms with Gasteiger partial charge in [0.1, 0.15) is 45.5 Å². The molecule has 1 unspecified atom stereocenters. The summed E-state index contributed by atoms with van der Waals surface area (Å²) in [5, 5.41) is 14.9. The van der Waals surface area contributed by atoms with E-state index in [-0.39, 0.29) is 0 Å². The molecule has 0 amide bonds. The van der Waals surface area contributed by atoms with Gasteiger partial charge in [-0.2, -0.15) is 0 Å². The molecular weight excluding hydrogens is 765 g/mol. The number of aliphatic imine (C=N–C) groups is 2. The van der Waals surface area contributed by atoms with Gasteiger partial charge in [0.15, 0.2) is 5.84 Å². The Morgan fingerprint density at radius 3 is 1.79 bits per heavy atom. The molecule has 0 spiro atoms.